The number of imidazole rings is 1. The summed E-state index contributed by atoms with van der Waals surface area (Å²) in [6.07, 6.45) is 8.57. The quantitative estimate of drug-likeness (QED) is 0.621. The van der Waals surface area contributed by atoms with Crippen LogP contribution in [-0.2, 0) is 0 Å². The molecule has 0 aliphatic heterocycles. The summed E-state index contributed by atoms with van der Waals surface area (Å²) in [4.78, 5) is 11.5. The van der Waals surface area contributed by atoms with E-state index in [-0.39, 0.29) is 0 Å². The van der Waals surface area contributed by atoms with Crippen LogP contribution in [0.25, 0.3) is 17.2 Å². The average molecular weight is 183 g/mol. The first-order valence-corrected chi connectivity index (χ1v) is 4.30. The topological polar surface area (TPSA) is 46.0 Å². The van der Waals surface area contributed by atoms with Gasteiger partial charge in [-0.15, -0.1) is 0 Å². The molecule has 0 spiro atoms. The van der Waals surface area contributed by atoms with Gasteiger partial charge in [-0.2, -0.15) is 0 Å². The molecule has 0 aliphatic rings. The first-order chi connectivity index (χ1) is 6.93. The number of H-pyrrole nitrogens is 1. The van der Waals surface area contributed by atoms with Crippen LogP contribution in [0.5, 0.6) is 0 Å². The summed E-state index contributed by atoms with van der Waals surface area (Å²) in [5.74, 6) is 0.664. The van der Waals surface area contributed by atoms with E-state index >= 15 is 0 Å². The number of nitrogens with one attached hydrogen (secondary N) is 1. The van der Waals surface area contributed by atoms with Crippen LogP contribution in [0.2, 0.25) is 0 Å². The van der Waals surface area contributed by atoms with Gasteiger partial charge in [0.2, 0.25) is 5.78 Å². The molecule has 1 N–H and O–H groups in total. The zero-order chi connectivity index (χ0) is 9.38. The standard InChI is InChI=1S/C10H7N4/c1-3-8(11-4-1)9-7-14-6-2-5-12-10(14)13-9/h1-6,11H. The number of aromatic nitrogens is 4. The number of rotatable bonds is 1. The zero-order valence-corrected chi connectivity index (χ0v) is 7.31. The Bertz CT molecular complexity index is 517. The van der Waals surface area contributed by atoms with Crippen LogP contribution in [-0.4, -0.2) is 19.4 Å². The fourth-order valence-corrected chi connectivity index (χ4v) is 1.37. The predicted molar refractivity (Wildman–Crippen MR) is 51.6 cm³/mol. The third-order valence-electron chi connectivity index (χ3n) is 2.02. The Labute approximate surface area is 80.3 Å². The van der Waals surface area contributed by atoms with Gasteiger partial charge in [0.15, 0.2) is 0 Å². The summed E-state index contributed by atoms with van der Waals surface area (Å²) < 4.78 is 1.77. The predicted octanol–water partition coefficient (Wildman–Crippen LogP) is 1.52. The number of fused-ring (bicyclic) bond motifs is 1. The molecule has 4 heteroatoms. The van der Waals surface area contributed by atoms with Gasteiger partial charge < -0.3 is 4.98 Å². The van der Waals surface area contributed by atoms with Crippen LogP contribution in [0.3, 0.4) is 0 Å². The molecule has 0 aliphatic carbocycles. The van der Waals surface area contributed by atoms with Gasteiger partial charge in [-0.1, -0.05) is 0 Å². The first kappa shape index (κ1) is 7.32. The Morgan fingerprint density at radius 3 is 3.14 bits per heavy atom. The van der Waals surface area contributed by atoms with E-state index in [0.717, 1.165) is 11.4 Å². The molecule has 3 rings (SSSR count). The Morgan fingerprint density at radius 1 is 1.36 bits per heavy atom. The molecule has 3 heterocycles. The number of hydrogen-bond donors (Lipinski definition) is 1. The fraction of sp³-hybridized carbons (Fsp3) is 0. The Hall–Kier alpha value is -2.10. The third kappa shape index (κ3) is 1.01. The third-order valence-corrected chi connectivity index (χ3v) is 2.02. The second kappa shape index (κ2) is 2.70. The van der Waals surface area contributed by atoms with Gasteiger partial charge in [-0.05, 0) is 18.2 Å². The summed E-state index contributed by atoms with van der Waals surface area (Å²) in [6.45, 7) is 0. The molecular formula is C10H7N4. The van der Waals surface area contributed by atoms with E-state index in [9.17, 15) is 0 Å². The molecule has 0 saturated carbocycles. The number of nitrogens with zero attached hydrogens (tertiary/aromatic N) is 3. The lowest BCUT2D eigenvalue weighted by Crippen LogP contribution is -1.83. The molecule has 67 valence electrons. The molecule has 0 bridgehead atoms. The maximum atomic E-state index is 4.32. The van der Waals surface area contributed by atoms with Gasteiger partial charge in [0.25, 0.3) is 0 Å². The highest BCUT2D eigenvalue weighted by Gasteiger charge is 2.04. The highest BCUT2D eigenvalue weighted by atomic mass is 15.1. The number of hydrogen-bond acceptors (Lipinski definition) is 2. The van der Waals surface area contributed by atoms with E-state index in [1.807, 2.05) is 30.6 Å². The minimum Gasteiger partial charge on any atom is -0.360 e. The molecule has 14 heavy (non-hydrogen) atoms. The minimum atomic E-state index is 0.664. The van der Waals surface area contributed by atoms with E-state index < -0.39 is 0 Å². The second-order valence-corrected chi connectivity index (χ2v) is 2.95. The SMILES string of the molecule is [c]1c(-c2ccc[nH]2)nc2ncccn12. The lowest BCUT2D eigenvalue weighted by atomic mass is 10.3. The van der Waals surface area contributed by atoms with Crippen molar-refractivity contribution >= 4 is 5.78 Å². The molecule has 3 aromatic heterocycles. The maximum Gasteiger partial charge on any atom is 0.234 e. The van der Waals surface area contributed by atoms with Gasteiger partial charge in [0.1, 0.15) is 11.9 Å². The first-order valence-electron chi connectivity index (χ1n) is 4.30. The van der Waals surface area contributed by atoms with Crippen molar-refractivity contribution in [3.63, 3.8) is 0 Å². The summed E-state index contributed by atoms with van der Waals surface area (Å²) >= 11 is 0. The van der Waals surface area contributed by atoms with Gasteiger partial charge >= 0.3 is 0 Å². The Kier molecular flexibility index (Phi) is 1.41. The Balaban J connectivity index is 2.24. The van der Waals surface area contributed by atoms with Crippen molar-refractivity contribution < 1.29 is 0 Å². The van der Waals surface area contributed by atoms with E-state index in [0.29, 0.717) is 5.78 Å². The molecule has 0 unspecified atom stereocenters. The Morgan fingerprint density at radius 2 is 2.36 bits per heavy atom. The van der Waals surface area contributed by atoms with Gasteiger partial charge in [-0.3, -0.25) is 4.40 Å². The van der Waals surface area contributed by atoms with Crippen molar-refractivity contribution in [3.8, 4) is 11.4 Å². The average Bonchev–Trinajstić information content (AvgIpc) is 2.86. The fourth-order valence-electron chi connectivity index (χ4n) is 1.37. The molecule has 0 aromatic carbocycles. The van der Waals surface area contributed by atoms with Crippen LogP contribution >= 0.6 is 0 Å². The lowest BCUT2D eigenvalue weighted by molar-refractivity contribution is 1.10. The van der Waals surface area contributed by atoms with Crippen molar-refractivity contribution in [1.29, 1.82) is 0 Å². The molecule has 4 nitrogen and oxygen atoms in total. The van der Waals surface area contributed by atoms with Crippen LogP contribution < -0.4 is 0 Å². The van der Waals surface area contributed by atoms with Crippen molar-refractivity contribution in [3.05, 3.63) is 43.0 Å². The van der Waals surface area contributed by atoms with Crippen molar-refractivity contribution in [2.45, 2.75) is 0 Å². The summed E-state index contributed by atoms with van der Waals surface area (Å²) in [5.41, 5.74) is 1.74. The molecule has 1 radical (unpaired) electrons. The van der Waals surface area contributed by atoms with E-state index in [2.05, 4.69) is 21.1 Å². The van der Waals surface area contributed by atoms with Crippen LogP contribution in [0.4, 0.5) is 0 Å². The minimum absolute atomic E-state index is 0.664. The maximum absolute atomic E-state index is 4.32. The molecule has 0 atom stereocenters. The van der Waals surface area contributed by atoms with Gasteiger partial charge in [0, 0.05) is 18.6 Å². The summed E-state index contributed by atoms with van der Waals surface area (Å²) in [5, 5.41) is 0. The van der Waals surface area contributed by atoms with Crippen molar-refractivity contribution in [2.24, 2.45) is 0 Å². The van der Waals surface area contributed by atoms with Crippen molar-refractivity contribution in [2.75, 3.05) is 0 Å². The molecule has 0 fully saturated rings. The molecule has 0 saturated heterocycles. The van der Waals surface area contributed by atoms with Crippen LogP contribution in [0.15, 0.2) is 36.8 Å². The zero-order valence-electron chi connectivity index (χ0n) is 7.31. The van der Waals surface area contributed by atoms with Gasteiger partial charge in [0.05, 0.1) is 5.69 Å². The van der Waals surface area contributed by atoms with E-state index in [1.54, 1.807) is 10.6 Å². The number of aromatic amines is 1. The molecule has 3 aromatic rings. The normalized spacial score (nSPS) is 10.9. The monoisotopic (exact) mass is 183 g/mol. The van der Waals surface area contributed by atoms with Crippen LogP contribution in [0.1, 0.15) is 0 Å². The van der Waals surface area contributed by atoms with E-state index in [1.165, 1.54) is 0 Å². The van der Waals surface area contributed by atoms with Crippen molar-refractivity contribution in [1.82, 2.24) is 19.4 Å². The highest BCUT2D eigenvalue weighted by Crippen LogP contribution is 2.14. The molecule has 0 amide bonds. The summed E-state index contributed by atoms with van der Waals surface area (Å²) in [6, 6.07) is 5.74. The second-order valence-electron chi connectivity index (χ2n) is 2.95. The largest absolute Gasteiger partial charge is 0.360 e. The lowest BCUT2D eigenvalue weighted by Gasteiger charge is -1.85. The van der Waals surface area contributed by atoms with Gasteiger partial charge in [-0.25, -0.2) is 9.97 Å². The van der Waals surface area contributed by atoms with Crippen LogP contribution in [0, 0.1) is 6.20 Å². The highest BCUT2D eigenvalue weighted by molar-refractivity contribution is 5.56. The molecular weight excluding hydrogens is 176 g/mol. The van der Waals surface area contributed by atoms with E-state index in [4.69, 9.17) is 0 Å². The smallest absolute Gasteiger partial charge is 0.234 e. The summed E-state index contributed by atoms with van der Waals surface area (Å²) in [7, 11) is 0.